The van der Waals surface area contributed by atoms with Crippen molar-refractivity contribution < 1.29 is 0 Å². The average Bonchev–Trinajstić information content (AvgIpc) is 3.05. The summed E-state index contributed by atoms with van der Waals surface area (Å²) in [4.78, 5) is 16.1. The zero-order valence-corrected chi connectivity index (χ0v) is 15.2. The minimum Gasteiger partial charge on any atom is -0.350 e. The Morgan fingerprint density at radius 2 is 1.85 bits per heavy atom. The molecule has 130 valence electrons. The van der Waals surface area contributed by atoms with Gasteiger partial charge in [0.05, 0.1) is 5.02 Å². The molecular weight excluding hydrogens is 369 g/mol. The van der Waals surface area contributed by atoms with Gasteiger partial charge in [-0.1, -0.05) is 53.5 Å². The number of aromatic amines is 1. The first-order valence-corrected chi connectivity index (χ1v) is 8.85. The second-order valence-electron chi connectivity index (χ2n) is 5.89. The molecule has 0 saturated heterocycles. The maximum atomic E-state index is 6.37. The third kappa shape index (κ3) is 3.64. The van der Waals surface area contributed by atoms with Crippen LogP contribution in [0.3, 0.4) is 0 Å². The summed E-state index contributed by atoms with van der Waals surface area (Å²) in [5.41, 5.74) is 3.84. The number of fused-ring (bicyclic) bond motifs is 1. The summed E-state index contributed by atoms with van der Waals surface area (Å²) < 4.78 is 0. The van der Waals surface area contributed by atoms with Crippen LogP contribution in [0.2, 0.25) is 10.2 Å². The van der Waals surface area contributed by atoms with Crippen LogP contribution in [-0.2, 0) is 13.0 Å². The summed E-state index contributed by atoms with van der Waals surface area (Å²) in [6.07, 6.45) is 5.87. The standard InChI is InChI=1S/C19H15Cl2N5/c20-15-7-16-13(9-22-18(16)23-11-15)6-14-10-25-19(26-17(14)21)24-8-12-4-2-1-3-5-12/h1-5,7,9-11H,6,8H2,(H,22,23)(H,24,25,26). The van der Waals surface area contributed by atoms with Crippen LogP contribution in [-0.4, -0.2) is 19.9 Å². The number of hydrogen-bond donors (Lipinski definition) is 2. The van der Waals surface area contributed by atoms with Crippen molar-refractivity contribution in [2.24, 2.45) is 0 Å². The summed E-state index contributed by atoms with van der Waals surface area (Å²) in [6, 6.07) is 11.9. The van der Waals surface area contributed by atoms with E-state index in [0.717, 1.165) is 27.7 Å². The molecule has 3 aromatic heterocycles. The third-order valence-electron chi connectivity index (χ3n) is 4.07. The lowest BCUT2D eigenvalue weighted by Crippen LogP contribution is -2.05. The number of anilines is 1. The van der Waals surface area contributed by atoms with E-state index in [0.29, 0.717) is 29.1 Å². The second kappa shape index (κ2) is 7.32. The Kier molecular flexibility index (Phi) is 4.73. The smallest absolute Gasteiger partial charge is 0.224 e. The molecule has 3 heterocycles. The fourth-order valence-electron chi connectivity index (χ4n) is 2.75. The molecule has 0 aliphatic heterocycles. The lowest BCUT2D eigenvalue weighted by Gasteiger charge is -2.07. The van der Waals surface area contributed by atoms with Crippen LogP contribution < -0.4 is 5.32 Å². The number of rotatable bonds is 5. The van der Waals surface area contributed by atoms with Crippen LogP contribution in [0.25, 0.3) is 11.0 Å². The fourth-order valence-corrected chi connectivity index (χ4v) is 3.10. The molecule has 0 aliphatic rings. The molecule has 0 radical (unpaired) electrons. The van der Waals surface area contributed by atoms with Crippen molar-refractivity contribution in [1.29, 1.82) is 0 Å². The van der Waals surface area contributed by atoms with Gasteiger partial charge < -0.3 is 10.3 Å². The van der Waals surface area contributed by atoms with Gasteiger partial charge in [-0.25, -0.2) is 15.0 Å². The molecule has 0 fully saturated rings. The molecular formula is C19H15Cl2N5. The van der Waals surface area contributed by atoms with Gasteiger partial charge in [0.25, 0.3) is 0 Å². The fraction of sp³-hybridized carbons (Fsp3) is 0.105. The largest absolute Gasteiger partial charge is 0.350 e. The van der Waals surface area contributed by atoms with Gasteiger partial charge >= 0.3 is 0 Å². The highest BCUT2D eigenvalue weighted by Gasteiger charge is 2.11. The van der Waals surface area contributed by atoms with E-state index in [1.165, 1.54) is 0 Å². The Morgan fingerprint density at radius 3 is 2.65 bits per heavy atom. The molecule has 7 heteroatoms. The highest BCUT2D eigenvalue weighted by Crippen LogP contribution is 2.25. The molecule has 0 unspecified atom stereocenters. The predicted octanol–water partition coefficient (Wildman–Crippen LogP) is 4.86. The van der Waals surface area contributed by atoms with Gasteiger partial charge in [-0.05, 0) is 17.2 Å². The number of nitrogens with one attached hydrogen (secondary N) is 2. The second-order valence-corrected chi connectivity index (χ2v) is 6.68. The van der Waals surface area contributed by atoms with Crippen molar-refractivity contribution in [1.82, 2.24) is 19.9 Å². The summed E-state index contributed by atoms with van der Waals surface area (Å²) >= 11 is 12.4. The van der Waals surface area contributed by atoms with Gasteiger partial charge in [0.1, 0.15) is 10.8 Å². The zero-order valence-electron chi connectivity index (χ0n) is 13.7. The number of pyridine rings is 1. The maximum absolute atomic E-state index is 6.37. The van der Waals surface area contributed by atoms with Gasteiger partial charge in [-0.2, -0.15) is 0 Å². The number of H-pyrrole nitrogens is 1. The zero-order chi connectivity index (χ0) is 17.9. The molecule has 0 bridgehead atoms. The molecule has 0 spiro atoms. The van der Waals surface area contributed by atoms with Crippen LogP contribution in [0.4, 0.5) is 5.95 Å². The molecule has 0 aliphatic carbocycles. The number of aromatic nitrogens is 4. The van der Waals surface area contributed by atoms with Gasteiger partial charge in [0, 0.05) is 42.5 Å². The Bertz CT molecular complexity index is 1050. The molecule has 5 nitrogen and oxygen atoms in total. The highest BCUT2D eigenvalue weighted by atomic mass is 35.5. The van der Waals surface area contributed by atoms with Crippen LogP contribution in [0.1, 0.15) is 16.7 Å². The first-order valence-electron chi connectivity index (χ1n) is 8.10. The summed E-state index contributed by atoms with van der Waals surface area (Å²) in [5.74, 6) is 0.506. The van der Waals surface area contributed by atoms with E-state index in [1.54, 1.807) is 12.4 Å². The van der Waals surface area contributed by atoms with E-state index in [9.17, 15) is 0 Å². The van der Waals surface area contributed by atoms with E-state index in [2.05, 4.69) is 25.3 Å². The van der Waals surface area contributed by atoms with E-state index in [4.69, 9.17) is 23.2 Å². The monoisotopic (exact) mass is 383 g/mol. The van der Waals surface area contributed by atoms with Crippen LogP contribution in [0.15, 0.2) is 55.0 Å². The molecule has 0 amide bonds. The first kappa shape index (κ1) is 16.8. The Labute approximate surface area is 160 Å². The normalized spacial score (nSPS) is 11.0. The quantitative estimate of drug-likeness (QED) is 0.482. The number of hydrogen-bond acceptors (Lipinski definition) is 4. The van der Waals surface area contributed by atoms with Crippen LogP contribution in [0.5, 0.6) is 0 Å². The molecule has 2 N–H and O–H groups in total. The maximum Gasteiger partial charge on any atom is 0.224 e. The van der Waals surface area contributed by atoms with Gasteiger partial charge in [0.2, 0.25) is 5.95 Å². The first-order chi connectivity index (χ1) is 12.7. The topological polar surface area (TPSA) is 66.5 Å². The van der Waals surface area contributed by atoms with Crippen molar-refractivity contribution in [3.63, 3.8) is 0 Å². The summed E-state index contributed by atoms with van der Waals surface area (Å²) in [5, 5.41) is 5.19. The molecule has 4 rings (SSSR count). The van der Waals surface area contributed by atoms with E-state index in [1.807, 2.05) is 42.6 Å². The van der Waals surface area contributed by atoms with E-state index in [-0.39, 0.29) is 0 Å². The molecule has 26 heavy (non-hydrogen) atoms. The predicted molar refractivity (Wildman–Crippen MR) is 105 cm³/mol. The lowest BCUT2D eigenvalue weighted by atomic mass is 10.1. The Balaban J connectivity index is 1.51. The van der Waals surface area contributed by atoms with Crippen molar-refractivity contribution in [3.8, 4) is 0 Å². The van der Waals surface area contributed by atoms with Crippen molar-refractivity contribution in [2.75, 3.05) is 5.32 Å². The Morgan fingerprint density at radius 1 is 1.00 bits per heavy atom. The Hall–Kier alpha value is -2.63. The van der Waals surface area contributed by atoms with Gasteiger partial charge in [-0.3, -0.25) is 0 Å². The van der Waals surface area contributed by atoms with Crippen molar-refractivity contribution in [3.05, 3.63) is 81.9 Å². The van der Waals surface area contributed by atoms with E-state index >= 15 is 0 Å². The van der Waals surface area contributed by atoms with E-state index < -0.39 is 0 Å². The number of halogens is 2. The molecule has 0 atom stereocenters. The minimum atomic E-state index is 0.430. The number of benzene rings is 1. The van der Waals surface area contributed by atoms with Crippen LogP contribution >= 0.6 is 23.2 Å². The van der Waals surface area contributed by atoms with Crippen LogP contribution in [0, 0.1) is 0 Å². The summed E-state index contributed by atoms with van der Waals surface area (Å²) in [6.45, 7) is 0.642. The number of nitrogens with zero attached hydrogens (tertiary/aromatic N) is 3. The van der Waals surface area contributed by atoms with Crippen molar-refractivity contribution in [2.45, 2.75) is 13.0 Å². The molecule has 4 aromatic rings. The third-order valence-corrected chi connectivity index (χ3v) is 4.60. The highest BCUT2D eigenvalue weighted by molar-refractivity contribution is 6.31. The van der Waals surface area contributed by atoms with Gasteiger partial charge in [-0.15, -0.1) is 0 Å². The van der Waals surface area contributed by atoms with Gasteiger partial charge in [0.15, 0.2) is 0 Å². The average molecular weight is 384 g/mol. The SMILES string of the molecule is Clc1cnc2[nH]cc(Cc3cnc(NCc4ccccc4)nc3Cl)c2c1. The molecule has 1 aromatic carbocycles. The summed E-state index contributed by atoms with van der Waals surface area (Å²) in [7, 11) is 0. The molecule has 0 saturated carbocycles. The lowest BCUT2D eigenvalue weighted by molar-refractivity contribution is 1.02. The minimum absolute atomic E-state index is 0.430. The van der Waals surface area contributed by atoms with Crippen molar-refractivity contribution >= 4 is 40.2 Å².